The second-order valence-corrected chi connectivity index (χ2v) is 8.70. The Morgan fingerprint density at radius 2 is 1.91 bits per heavy atom. The van der Waals surface area contributed by atoms with E-state index in [4.69, 9.17) is 26.2 Å². The van der Waals surface area contributed by atoms with E-state index in [9.17, 15) is 4.79 Å². The van der Waals surface area contributed by atoms with Crippen LogP contribution in [0.4, 0.5) is 10.6 Å². The quantitative estimate of drug-likeness (QED) is 0.564. The summed E-state index contributed by atoms with van der Waals surface area (Å²) >= 11 is 6.30. The predicted octanol–water partition coefficient (Wildman–Crippen LogP) is 4.85. The van der Waals surface area contributed by atoms with E-state index in [-0.39, 0.29) is 18.9 Å². The minimum atomic E-state index is -0.272. The molecule has 168 valence electrons. The molecule has 0 aliphatic carbocycles. The van der Waals surface area contributed by atoms with Gasteiger partial charge in [-0.15, -0.1) is 0 Å². The number of fused-ring (bicyclic) bond motifs is 1. The Hall–Kier alpha value is -2.77. The second kappa shape index (κ2) is 9.38. The van der Waals surface area contributed by atoms with Crippen LogP contribution in [-0.4, -0.2) is 53.6 Å². The van der Waals surface area contributed by atoms with Crippen molar-refractivity contribution in [2.75, 3.05) is 37.7 Å². The fraction of sp³-hybridized carbons (Fsp3) is 0.417. The van der Waals surface area contributed by atoms with E-state index < -0.39 is 0 Å². The van der Waals surface area contributed by atoms with Crippen molar-refractivity contribution in [3.63, 3.8) is 0 Å². The zero-order valence-electron chi connectivity index (χ0n) is 18.0. The first-order valence-corrected chi connectivity index (χ1v) is 11.6. The van der Waals surface area contributed by atoms with E-state index >= 15 is 0 Å². The number of benzene rings is 2. The SMILES string of the molecule is O=C(OCc1ccccc1)N1CCN(c2nn(C3CCCCO3)c3cc(Cl)ccc23)CC1. The van der Waals surface area contributed by atoms with Crippen LogP contribution in [-0.2, 0) is 16.1 Å². The highest BCUT2D eigenvalue weighted by atomic mass is 35.5. The minimum absolute atomic E-state index is 0.0623. The molecule has 2 fully saturated rings. The molecule has 0 N–H and O–H groups in total. The Kier molecular flexibility index (Phi) is 6.19. The Bertz CT molecular complexity index is 1070. The molecule has 0 spiro atoms. The molecule has 1 aromatic heterocycles. The molecule has 1 unspecified atom stereocenters. The van der Waals surface area contributed by atoms with Gasteiger partial charge < -0.3 is 19.3 Å². The first-order valence-electron chi connectivity index (χ1n) is 11.2. The van der Waals surface area contributed by atoms with E-state index in [1.165, 1.54) is 0 Å². The van der Waals surface area contributed by atoms with Crippen LogP contribution in [0.2, 0.25) is 5.02 Å². The number of halogens is 1. The summed E-state index contributed by atoms with van der Waals surface area (Å²) in [5.74, 6) is 0.920. The summed E-state index contributed by atoms with van der Waals surface area (Å²) < 4.78 is 13.5. The summed E-state index contributed by atoms with van der Waals surface area (Å²) in [4.78, 5) is 16.5. The summed E-state index contributed by atoms with van der Waals surface area (Å²) in [6.45, 7) is 3.62. The molecule has 2 aliphatic rings. The van der Waals surface area contributed by atoms with Crippen molar-refractivity contribution in [1.29, 1.82) is 0 Å². The van der Waals surface area contributed by atoms with Crippen molar-refractivity contribution in [2.24, 2.45) is 0 Å². The molecule has 32 heavy (non-hydrogen) atoms. The van der Waals surface area contributed by atoms with Crippen molar-refractivity contribution in [3.05, 3.63) is 59.1 Å². The van der Waals surface area contributed by atoms with Gasteiger partial charge in [-0.05, 0) is 43.0 Å². The van der Waals surface area contributed by atoms with Crippen LogP contribution in [0.15, 0.2) is 48.5 Å². The average molecular weight is 455 g/mol. The van der Waals surface area contributed by atoms with Gasteiger partial charge >= 0.3 is 6.09 Å². The monoisotopic (exact) mass is 454 g/mol. The smallest absolute Gasteiger partial charge is 0.410 e. The molecule has 7 nitrogen and oxygen atoms in total. The van der Waals surface area contributed by atoms with Gasteiger partial charge in [0.2, 0.25) is 0 Å². The Morgan fingerprint density at radius 1 is 1.09 bits per heavy atom. The van der Waals surface area contributed by atoms with Crippen LogP contribution in [0.25, 0.3) is 10.9 Å². The van der Waals surface area contributed by atoms with E-state index in [0.717, 1.165) is 48.2 Å². The third-order valence-corrected chi connectivity index (χ3v) is 6.36. The zero-order chi connectivity index (χ0) is 21.9. The van der Waals surface area contributed by atoms with Crippen LogP contribution in [0.1, 0.15) is 31.1 Å². The summed E-state index contributed by atoms with van der Waals surface area (Å²) in [6, 6.07) is 15.6. The van der Waals surface area contributed by atoms with Crippen LogP contribution in [0, 0.1) is 0 Å². The molecule has 5 rings (SSSR count). The maximum absolute atomic E-state index is 12.5. The van der Waals surface area contributed by atoms with Crippen molar-refractivity contribution >= 4 is 34.4 Å². The number of ether oxygens (including phenoxy) is 2. The van der Waals surface area contributed by atoms with Crippen molar-refractivity contribution in [2.45, 2.75) is 32.1 Å². The molecule has 0 bridgehead atoms. The number of hydrogen-bond donors (Lipinski definition) is 0. The van der Waals surface area contributed by atoms with Gasteiger partial charge in [0.25, 0.3) is 0 Å². The largest absolute Gasteiger partial charge is 0.445 e. The Labute approximate surface area is 192 Å². The van der Waals surface area contributed by atoms with E-state index in [1.54, 1.807) is 4.90 Å². The normalized spacial score (nSPS) is 19.3. The molecule has 2 aromatic carbocycles. The number of amides is 1. The lowest BCUT2D eigenvalue weighted by Crippen LogP contribution is -2.49. The molecule has 0 radical (unpaired) electrons. The number of rotatable bonds is 4. The van der Waals surface area contributed by atoms with E-state index in [0.29, 0.717) is 31.2 Å². The van der Waals surface area contributed by atoms with E-state index in [1.807, 2.05) is 53.2 Å². The lowest BCUT2D eigenvalue weighted by atomic mass is 10.2. The first-order chi connectivity index (χ1) is 15.7. The molecule has 1 atom stereocenters. The molecule has 3 heterocycles. The lowest BCUT2D eigenvalue weighted by molar-refractivity contribution is -0.0365. The first kappa shape index (κ1) is 21.1. The van der Waals surface area contributed by atoms with Gasteiger partial charge in [-0.3, -0.25) is 0 Å². The highest BCUT2D eigenvalue weighted by molar-refractivity contribution is 6.31. The lowest BCUT2D eigenvalue weighted by Gasteiger charge is -2.34. The van der Waals surface area contributed by atoms with Gasteiger partial charge in [0.05, 0.1) is 5.52 Å². The molecule has 3 aromatic rings. The number of hydrogen-bond acceptors (Lipinski definition) is 5. The van der Waals surface area contributed by atoms with Gasteiger partial charge in [-0.25, -0.2) is 9.48 Å². The van der Waals surface area contributed by atoms with Gasteiger partial charge in [0.15, 0.2) is 12.0 Å². The third-order valence-electron chi connectivity index (χ3n) is 6.12. The highest BCUT2D eigenvalue weighted by Crippen LogP contribution is 2.34. The van der Waals surface area contributed by atoms with Crippen LogP contribution in [0.3, 0.4) is 0 Å². The number of aromatic nitrogens is 2. The second-order valence-electron chi connectivity index (χ2n) is 8.27. The van der Waals surface area contributed by atoms with Crippen molar-refractivity contribution in [1.82, 2.24) is 14.7 Å². The maximum atomic E-state index is 12.5. The molecular weight excluding hydrogens is 428 g/mol. The van der Waals surface area contributed by atoms with Crippen LogP contribution < -0.4 is 4.90 Å². The minimum Gasteiger partial charge on any atom is -0.445 e. The van der Waals surface area contributed by atoms with Crippen molar-refractivity contribution in [3.8, 4) is 0 Å². The molecule has 8 heteroatoms. The van der Waals surface area contributed by atoms with Gasteiger partial charge in [0, 0.05) is 43.2 Å². The van der Waals surface area contributed by atoms with Crippen LogP contribution >= 0.6 is 11.6 Å². The Balaban J connectivity index is 1.28. The summed E-state index contributed by atoms with van der Waals surface area (Å²) in [7, 11) is 0. The molecule has 2 saturated heterocycles. The molecule has 1 amide bonds. The Morgan fingerprint density at radius 3 is 2.66 bits per heavy atom. The van der Waals surface area contributed by atoms with Gasteiger partial charge in [0.1, 0.15) is 6.61 Å². The fourth-order valence-corrected chi connectivity index (χ4v) is 4.54. The topological polar surface area (TPSA) is 59.8 Å². The number of carbonyl (C=O) groups is 1. The highest BCUT2D eigenvalue weighted by Gasteiger charge is 2.27. The fourth-order valence-electron chi connectivity index (χ4n) is 4.37. The summed E-state index contributed by atoms with van der Waals surface area (Å²) in [5, 5.41) is 6.69. The maximum Gasteiger partial charge on any atom is 0.410 e. The molecule has 0 saturated carbocycles. The van der Waals surface area contributed by atoms with Crippen molar-refractivity contribution < 1.29 is 14.3 Å². The van der Waals surface area contributed by atoms with Gasteiger partial charge in [-0.1, -0.05) is 41.9 Å². The number of carbonyl (C=O) groups excluding carboxylic acids is 1. The summed E-state index contributed by atoms with van der Waals surface area (Å²) in [6.07, 6.45) is 2.83. The summed E-state index contributed by atoms with van der Waals surface area (Å²) in [5.41, 5.74) is 1.98. The standard InChI is InChI=1S/C24H27ClN4O3/c25-19-9-10-20-21(16-19)29(22-8-4-5-15-31-22)26-23(20)27-11-13-28(14-12-27)24(30)32-17-18-6-2-1-3-7-18/h1-3,6-7,9-10,16,22H,4-5,8,11-15,17H2. The number of piperazine rings is 1. The molecule has 2 aliphatic heterocycles. The number of anilines is 1. The average Bonchev–Trinajstić information content (AvgIpc) is 3.22. The third kappa shape index (κ3) is 4.40. The predicted molar refractivity (Wildman–Crippen MR) is 124 cm³/mol. The number of nitrogens with zero attached hydrogens (tertiary/aromatic N) is 4. The van der Waals surface area contributed by atoms with Crippen LogP contribution in [0.5, 0.6) is 0 Å². The zero-order valence-corrected chi connectivity index (χ0v) is 18.7. The molecular formula is C24H27ClN4O3. The van der Waals surface area contributed by atoms with Gasteiger partial charge in [-0.2, -0.15) is 5.10 Å². The van der Waals surface area contributed by atoms with E-state index in [2.05, 4.69) is 4.90 Å².